The van der Waals surface area contributed by atoms with Gasteiger partial charge in [-0.1, -0.05) is 84.9 Å². The molecule has 0 unspecified atom stereocenters. The number of amides is 3. The molecule has 3 amide bonds. The van der Waals surface area contributed by atoms with Crippen LogP contribution in [0.5, 0.6) is 0 Å². The molecule has 2 aliphatic rings. The van der Waals surface area contributed by atoms with E-state index in [4.69, 9.17) is 5.73 Å². The first-order valence-electron chi connectivity index (χ1n) is 14.8. The van der Waals surface area contributed by atoms with Crippen LogP contribution in [0.2, 0.25) is 0 Å². The zero-order valence-corrected chi connectivity index (χ0v) is 24.1. The second kappa shape index (κ2) is 13.6. The van der Waals surface area contributed by atoms with E-state index >= 15 is 0 Å². The van der Waals surface area contributed by atoms with Gasteiger partial charge in [0.25, 0.3) is 0 Å². The van der Waals surface area contributed by atoms with Gasteiger partial charge in [0.2, 0.25) is 17.7 Å². The van der Waals surface area contributed by atoms with Crippen LogP contribution in [0.25, 0.3) is 0 Å². The van der Waals surface area contributed by atoms with Crippen molar-refractivity contribution in [3.63, 3.8) is 0 Å². The molecule has 4 atom stereocenters. The van der Waals surface area contributed by atoms with Gasteiger partial charge in [0, 0.05) is 38.4 Å². The number of aliphatic carboxylic acids is 1. The number of nitrogens with zero attached hydrogens (tertiary/aromatic N) is 2. The minimum absolute atomic E-state index is 0.0449. The Balaban J connectivity index is 1.32. The summed E-state index contributed by atoms with van der Waals surface area (Å²) in [6, 6.07) is 23.5. The Labute approximate surface area is 251 Å². The van der Waals surface area contributed by atoms with Crippen LogP contribution in [0.3, 0.4) is 0 Å². The molecular formula is C34H38N4O5. The maximum atomic E-state index is 14.1. The summed E-state index contributed by atoms with van der Waals surface area (Å²) in [5, 5.41) is 12.9. The summed E-state index contributed by atoms with van der Waals surface area (Å²) in [5.74, 6) is -2.13. The van der Waals surface area contributed by atoms with E-state index in [2.05, 4.69) is 5.32 Å². The van der Waals surface area contributed by atoms with Crippen LogP contribution in [0.4, 0.5) is 0 Å². The second-order valence-corrected chi connectivity index (χ2v) is 11.4. The molecule has 3 aromatic rings. The summed E-state index contributed by atoms with van der Waals surface area (Å²) >= 11 is 0. The number of benzene rings is 3. The number of carboxylic acid groups (broad SMARTS) is 1. The van der Waals surface area contributed by atoms with Gasteiger partial charge in [-0.25, -0.2) is 4.79 Å². The van der Waals surface area contributed by atoms with Gasteiger partial charge in [0.1, 0.15) is 18.1 Å². The molecule has 1 fully saturated rings. The van der Waals surface area contributed by atoms with Crippen molar-refractivity contribution in [2.75, 3.05) is 6.54 Å². The molecule has 0 radical (unpaired) electrons. The van der Waals surface area contributed by atoms with E-state index in [1.807, 2.05) is 84.9 Å². The first kappa shape index (κ1) is 30.0. The topological polar surface area (TPSA) is 133 Å². The van der Waals surface area contributed by atoms with E-state index < -0.39 is 30.1 Å². The van der Waals surface area contributed by atoms with Crippen LogP contribution < -0.4 is 11.1 Å². The summed E-state index contributed by atoms with van der Waals surface area (Å²) < 4.78 is 0. The van der Waals surface area contributed by atoms with Crippen molar-refractivity contribution >= 4 is 23.7 Å². The number of fused-ring (bicyclic) bond motifs is 1. The number of rotatable bonds is 10. The molecule has 0 spiro atoms. The Hall–Kier alpha value is -4.50. The highest BCUT2D eigenvalue weighted by molar-refractivity contribution is 5.94. The van der Waals surface area contributed by atoms with Crippen molar-refractivity contribution < 1.29 is 24.3 Å². The van der Waals surface area contributed by atoms with Gasteiger partial charge in [-0.15, -0.1) is 0 Å². The SMILES string of the molecule is N[C@H](CC(=O)N[C@@H](Cc1ccccc1)C(=O)N1CCC[C@H]1C(=O)N1Cc2ccccc2C[C@H]1C(=O)O)Cc1ccccc1. The van der Waals surface area contributed by atoms with E-state index in [-0.39, 0.29) is 43.5 Å². The second-order valence-electron chi connectivity index (χ2n) is 11.4. The van der Waals surface area contributed by atoms with E-state index in [1.54, 1.807) is 0 Å². The predicted molar refractivity (Wildman–Crippen MR) is 162 cm³/mol. The molecule has 4 N–H and O–H groups in total. The van der Waals surface area contributed by atoms with E-state index in [1.165, 1.54) is 9.80 Å². The number of hydrogen-bond acceptors (Lipinski definition) is 5. The van der Waals surface area contributed by atoms with Crippen molar-refractivity contribution in [3.05, 3.63) is 107 Å². The third kappa shape index (κ3) is 7.29. The van der Waals surface area contributed by atoms with Gasteiger partial charge in [0.05, 0.1) is 0 Å². The Kier molecular flexibility index (Phi) is 9.51. The summed E-state index contributed by atoms with van der Waals surface area (Å²) in [4.78, 5) is 56.3. The van der Waals surface area contributed by atoms with Crippen LogP contribution in [0.15, 0.2) is 84.9 Å². The fourth-order valence-corrected chi connectivity index (χ4v) is 6.18. The number of nitrogens with one attached hydrogen (secondary N) is 1. The van der Waals surface area contributed by atoms with Crippen LogP contribution in [-0.2, 0) is 45.0 Å². The number of carbonyl (C=O) groups is 4. The molecule has 0 aliphatic carbocycles. The van der Waals surface area contributed by atoms with Crippen molar-refractivity contribution in [1.82, 2.24) is 15.1 Å². The number of carboxylic acids is 1. The Morgan fingerprint density at radius 2 is 1.42 bits per heavy atom. The number of hydrogen-bond donors (Lipinski definition) is 3. The molecule has 1 saturated heterocycles. The third-order valence-electron chi connectivity index (χ3n) is 8.34. The van der Waals surface area contributed by atoms with E-state index in [0.717, 1.165) is 22.3 Å². The molecule has 5 rings (SSSR count). The lowest BCUT2D eigenvalue weighted by Crippen LogP contribution is -2.58. The van der Waals surface area contributed by atoms with Crippen LogP contribution >= 0.6 is 0 Å². The Bertz CT molecular complexity index is 1450. The van der Waals surface area contributed by atoms with E-state index in [9.17, 15) is 24.3 Å². The molecule has 0 saturated carbocycles. The first-order chi connectivity index (χ1) is 20.8. The van der Waals surface area contributed by atoms with Gasteiger partial charge >= 0.3 is 5.97 Å². The molecule has 43 heavy (non-hydrogen) atoms. The molecule has 9 heteroatoms. The third-order valence-corrected chi connectivity index (χ3v) is 8.34. The standard InChI is InChI=1S/C34H38N4O5/c35-27(18-23-10-3-1-4-11-23)21-31(39)36-28(19-24-12-5-2-6-13-24)32(40)37-17-9-16-29(37)33(41)38-22-26-15-8-7-14-25(26)20-30(38)34(42)43/h1-8,10-15,27-30H,9,16-22,35H2,(H,36,39)(H,42,43)/t27-,28-,29-,30-/m0/s1. The van der Waals surface area contributed by atoms with Crippen molar-refractivity contribution in [2.45, 2.75) is 69.2 Å². The minimum Gasteiger partial charge on any atom is -0.480 e. The van der Waals surface area contributed by atoms with Crippen molar-refractivity contribution in [3.8, 4) is 0 Å². The van der Waals surface area contributed by atoms with Crippen LogP contribution in [0, 0.1) is 0 Å². The highest BCUT2D eigenvalue weighted by Crippen LogP contribution is 2.28. The monoisotopic (exact) mass is 582 g/mol. The first-order valence-corrected chi connectivity index (χ1v) is 14.8. The fraction of sp³-hybridized carbons (Fsp3) is 0.353. The lowest BCUT2D eigenvalue weighted by Gasteiger charge is -2.38. The van der Waals surface area contributed by atoms with Crippen molar-refractivity contribution in [2.24, 2.45) is 5.73 Å². The van der Waals surface area contributed by atoms with Gasteiger partial charge in [-0.2, -0.15) is 0 Å². The normalized spacial score (nSPS) is 19.3. The maximum absolute atomic E-state index is 14.1. The Morgan fingerprint density at radius 1 is 0.814 bits per heavy atom. The fourth-order valence-electron chi connectivity index (χ4n) is 6.18. The average molecular weight is 583 g/mol. The maximum Gasteiger partial charge on any atom is 0.326 e. The van der Waals surface area contributed by atoms with Gasteiger partial charge in [-0.3, -0.25) is 14.4 Å². The average Bonchev–Trinajstić information content (AvgIpc) is 3.50. The summed E-state index contributed by atoms with van der Waals surface area (Å²) in [6.45, 7) is 0.528. The molecule has 2 heterocycles. The quantitative estimate of drug-likeness (QED) is 0.337. The molecule has 3 aromatic carbocycles. The molecular weight excluding hydrogens is 544 g/mol. The highest BCUT2D eigenvalue weighted by atomic mass is 16.4. The lowest BCUT2D eigenvalue weighted by molar-refractivity contribution is -0.155. The molecule has 9 nitrogen and oxygen atoms in total. The van der Waals surface area contributed by atoms with Gasteiger partial charge < -0.3 is 26.0 Å². The van der Waals surface area contributed by atoms with Gasteiger partial charge in [0.15, 0.2) is 0 Å². The summed E-state index contributed by atoms with van der Waals surface area (Å²) in [6.07, 6.45) is 2.09. The van der Waals surface area contributed by atoms with Crippen LogP contribution in [0.1, 0.15) is 41.5 Å². The predicted octanol–water partition coefficient (Wildman–Crippen LogP) is 2.70. The number of likely N-dealkylation sites (tertiary alicyclic amines) is 1. The molecule has 0 bridgehead atoms. The minimum atomic E-state index is -1.07. The molecule has 224 valence electrons. The smallest absolute Gasteiger partial charge is 0.326 e. The van der Waals surface area contributed by atoms with Gasteiger partial charge in [-0.05, 0) is 41.5 Å². The Morgan fingerprint density at radius 3 is 2.07 bits per heavy atom. The number of carbonyl (C=O) groups excluding carboxylic acids is 3. The lowest BCUT2D eigenvalue weighted by atomic mass is 9.93. The van der Waals surface area contributed by atoms with E-state index in [0.29, 0.717) is 25.8 Å². The zero-order chi connectivity index (χ0) is 30.3. The number of nitrogens with two attached hydrogens (primary N) is 1. The summed E-state index contributed by atoms with van der Waals surface area (Å²) in [5.41, 5.74) is 10.0. The van der Waals surface area contributed by atoms with Crippen LogP contribution in [-0.4, -0.2) is 69.3 Å². The zero-order valence-electron chi connectivity index (χ0n) is 24.1. The molecule has 2 aliphatic heterocycles. The molecule has 0 aromatic heterocycles. The van der Waals surface area contributed by atoms with Crippen molar-refractivity contribution in [1.29, 1.82) is 0 Å². The largest absolute Gasteiger partial charge is 0.480 e. The highest BCUT2D eigenvalue weighted by Gasteiger charge is 2.43. The summed E-state index contributed by atoms with van der Waals surface area (Å²) in [7, 11) is 0.